The summed E-state index contributed by atoms with van der Waals surface area (Å²) in [7, 11) is 0. The van der Waals surface area contributed by atoms with Crippen LogP contribution in [-0.2, 0) is 9.47 Å². The zero-order chi connectivity index (χ0) is 22.5. The Morgan fingerprint density at radius 2 is 1.91 bits per heavy atom. The zero-order valence-corrected chi connectivity index (χ0v) is 19.9. The maximum atomic E-state index is 6.76. The van der Waals surface area contributed by atoms with Gasteiger partial charge < -0.3 is 18.8 Å². The Bertz CT molecular complexity index is 998. The van der Waals surface area contributed by atoms with E-state index in [4.69, 9.17) is 49.0 Å². The summed E-state index contributed by atoms with van der Waals surface area (Å²) in [4.78, 5) is 4.10. The molecule has 4 atom stereocenters. The highest BCUT2D eigenvalue weighted by Crippen LogP contribution is 2.35. The van der Waals surface area contributed by atoms with E-state index >= 15 is 0 Å². The van der Waals surface area contributed by atoms with Crippen LogP contribution in [-0.4, -0.2) is 28.6 Å². The standard InChI is InChI=1S/C24H25Cl3N2O3/c1-16-13-19(26)9-10-21(16)32-22-4-2-3-20(31-22)14-30-23(17-5-7-18(25)8-6-17)24(27)29-12-11-28-15-29/h5-13,15,20,22-24H,2-4,14H2,1H3. The molecule has 2 aromatic carbocycles. The molecular formula is C24H25Cl3N2O3. The highest BCUT2D eigenvalue weighted by molar-refractivity contribution is 6.30. The van der Waals surface area contributed by atoms with Gasteiger partial charge in [0.15, 0.2) is 6.29 Å². The van der Waals surface area contributed by atoms with Crippen molar-refractivity contribution in [2.45, 2.75) is 50.2 Å². The molecule has 0 spiro atoms. The van der Waals surface area contributed by atoms with Crippen LogP contribution in [0.1, 0.15) is 42.0 Å². The number of ether oxygens (including phenoxy) is 3. The summed E-state index contributed by atoms with van der Waals surface area (Å²) in [5.41, 5.74) is 1.45. The first-order valence-electron chi connectivity index (χ1n) is 10.6. The number of rotatable bonds is 8. The quantitative estimate of drug-likeness (QED) is 0.317. The fourth-order valence-electron chi connectivity index (χ4n) is 3.73. The Hall–Kier alpha value is -1.76. The average molecular weight is 496 g/mol. The summed E-state index contributed by atoms with van der Waals surface area (Å²) in [6, 6.07) is 13.1. The largest absolute Gasteiger partial charge is 0.465 e. The van der Waals surface area contributed by atoms with Gasteiger partial charge in [0, 0.05) is 28.9 Å². The molecule has 4 unspecified atom stereocenters. The van der Waals surface area contributed by atoms with E-state index in [1.54, 1.807) is 12.5 Å². The Kier molecular flexibility index (Phi) is 7.98. The number of nitrogens with zero attached hydrogens (tertiary/aromatic N) is 2. The maximum absolute atomic E-state index is 6.76. The Balaban J connectivity index is 1.41. The van der Waals surface area contributed by atoms with Crippen molar-refractivity contribution in [1.29, 1.82) is 0 Å². The highest BCUT2D eigenvalue weighted by Gasteiger charge is 2.28. The molecule has 1 fully saturated rings. The van der Waals surface area contributed by atoms with Crippen molar-refractivity contribution >= 4 is 34.8 Å². The number of hydrogen-bond acceptors (Lipinski definition) is 4. The van der Waals surface area contributed by atoms with Crippen LogP contribution < -0.4 is 4.74 Å². The second-order valence-electron chi connectivity index (χ2n) is 7.83. The van der Waals surface area contributed by atoms with Gasteiger partial charge in [-0.2, -0.15) is 0 Å². The fourth-order valence-corrected chi connectivity index (χ4v) is 4.41. The number of alkyl halides is 1. The molecule has 1 aliphatic rings. The number of benzene rings is 2. The fraction of sp³-hybridized carbons (Fsp3) is 0.375. The predicted molar refractivity (Wildman–Crippen MR) is 127 cm³/mol. The van der Waals surface area contributed by atoms with E-state index in [0.29, 0.717) is 16.7 Å². The third-order valence-corrected chi connectivity index (χ3v) is 6.37. The highest BCUT2D eigenvalue weighted by atomic mass is 35.5. The molecular weight excluding hydrogens is 471 g/mol. The molecule has 32 heavy (non-hydrogen) atoms. The van der Waals surface area contributed by atoms with Crippen molar-refractivity contribution in [2.75, 3.05) is 6.61 Å². The van der Waals surface area contributed by atoms with Gasteiger partial charge in [0.05, 0.1) is 19.0 Å². The average Bonchev–Trinajstić information content (AvgIpc) is 3.32. The molecule has 8 heteroatoms. The smallest absolute Gasteiger partial charge is 0.200 e. The molecule has 0 N–H and O–H groups in total. The van der Waals surface area contributed by atoms with Gasteiger partial charge in [0.1, 0.15) is 17.4 Å². The van der Waals surface area contributed by atoms with Gasteiger partial charge in [0.2, 0.25) is 0 Å². The number of imidazole rings is 1. The predicted octanol–water partition coefficient (Wildman–Crippen LogP) is 6.97. The van der Waals surface area contributed by atoms with Crippen molar-refractivity contribution in [1.82, 2.24) is 9.55 Å². The first-order valence-corrected chi connectivity index (χ1v) is 11.8. The van der Waals surface area contributed by atoms with Crippen molar-refractivity contribution in [3.05, 3.63) is 82.4 Å². The number of aryl methyl sites for hydroxylation is 1. The lowest BCUT2D eigenvalue weighted by Gasteiger charge is -2.32. The molecule has 1 saturated heterocycles. The lowest BCUT2D eigenvalue weighted by Crippen LogP contribution is -2.35. The summed E-state index contributed by atoms with van der Waals surface area (Å²) >= 11 is 18.9. The monoisotopic (exact) mass is 494 g/mol. The summed E-state index contributed by atoms with van der Waals surface area (Å²) in [5, 5.41) is 1.35. The molecule has 4 rings (SSSR count). The van der Waals surface area contributed by atoms with Gasteiger partial charge in [-0.3, -0.25) is 0 Å². The molecule has 1 aromatic heterocycles. The minimum absolute atomic E-state index is 0.0946. The number of halogens is 3. The lowest BCUT2D eigenvalue weighted by atomic mass is 10.1. The van der Waals surface area contributed by atoms with E-state index in [2.05, 4.69) is 4.98 Å². The third-order valence-electron chi connectivity index (χ3n) is 5.43. The molecule has 0 bridgehead atoms. The van der Waals surface area contributed by atoms with Gasteiger partial charge in [-0.05, 0) is 61.2 Å². The Morgan fingerprint density at radius 1 is 1.12 bits per heavy atom. The van der Waals surface area contributed by atoms with Crippen LogP contribution in [0.5, 0.6) is 5.75 Å². The first-order chi connectivity index (χ1) is 15.5. The molecule has 2 heterocycles. The van der Waals surface area contributed by atoms with Gasteiger partial charge >= 0.3 is 0 Å². The van der Waals surface area contributed by atoms with Gasteiger partial charge in [0.25, 0.3) is 0 Å². The van der Waals surface area contributed by atoms with Crippen LogP contribution in [0.25, 0.3) is 0 Å². The van der Waals surface area contributed by atoms with Crippen molar-refractivity contribution in [3.63, 3.8) is 0 Å². The molecule has 1 aliphatic heterocycles. The second-order valence-corrected chi connectivity index (χ2v) is 9.15. The van der Waals surface area contributed by atoms with E-state index in [0.717, 1.165) is 36.1 Å². The SMILES string of the molecule is Cc1cc(Cl)ccc1OC1CCCC(COC(c2ccc(Cl)cc2)C(Cl)n2ccnc2)O1. The summed E-state index contributed by atoms with van der Waals surface area (Å²) in [6.45, 7) is 2.36. The Morgan fingerprint density at radius 3 is 2.62 bits per heavy atom. The van der Waals surface area contributed by atoms with E-state index in [1.807, 2.05) is 60.2 Å². The van der Waals surface area contributed by atoms with Gasteiger partial charge in [-0.1, -0.05) is 46.9 Å². The summed E-state index contributed by atoms with van der Waals surface area (Å²) in [6.07, 6.45) is 7.08. The first kappa shape index (κ1) is 23.4. The number of hydrogen-bond donors (Lipinski definition) is 0. The Labute approximate surface area is 203 Å². The number of aromatic nitrogens is 2. The van der Waals surface area contributed by atoms with Crippen LogP contribution in [0.4, 0.5) is 0 Å². The van der Waals surface area contributed by atoms with Gasteiger partial charge in [-0.15, -0.1) is 0 Å². The van der Waals surface area contributed by atoms with E-state index < -0.39 is 11.6 Å². The van der Waals surface area contributed by atoms with E-state index in [1.165, 1.54) is 0 Å². The van der Waals surface area contributed by atoms with Crippen molar-refractivity contribution in [3.8, 4) is 5.75 Å². The molecule has 0 amide bonds. The molecule has 3 aromatic rings. The second kappa shape index (κ2) is 10.9. The molecule has 0 saturated carbocycles. The van der Waals surface area contributed by atoms with Crippen LogP contribution in [0.2, 0.25) is 10.0 Å². The molecule has 0 aliphatic carbocycles. The molecule has 170 valence electrons. The maximum Gasteiger partial charge on any atom is 0.200 e. The third kappa shape index (κ3) is 5.97. The minimum Gasteiger partial charge on any atom is -0.465 e. The topological polar surface area (TPSA) is 45.5 Å². The lowest BCUT2D eigenvalue weighted by molar-refractivity contribution is -0.170. The zero-order valence-electron chi connectivity index (χ0n) is 17.7. The van der Waals surface area contributed by atoms with E-state index in [9.17, 15) is 0 Å². The van der Waals surface area contributed by atoms with Crippen molar-refractivity contribution < 1.29 is 14.2 Å². The van der Waals surface area contributed by atoms with Crippen LogP contribution >= 0.6 is 34.8 Å². The minimum atomic E-state index is -0.467. The summed E-state index contributed by atoms with van der Waals surface area (Å²) in [5.74, 6) is 0.779. The van der Waals surface area contributed by atoms with Crippen LogP contribution in [0, 0.1) is 6.92 Å². The normalized spacial score (nSPS) is 20.6. The van der Waals surface area contributed by atoms with Crippen molar-refractivity contribution in [2.24, 2.45) is 0 Å². The van der Waals surface area contributed by atoms with E-state index in [-0.39, 0.29) is 12.4 Å². The summed E-state index contributed by atoms with van der Waals surface area (Å²) < 4.78 is 20.4. The van der Waals surface area contributed by atoms with Crippen LogP contribution in [0.15, 0.2) is 61.2 Å². The molecule has 0 radical (unpaired) electrons. The molecule has 5 nitrogen and oxygen atoms in total. The van der Waals surface area contributed by atoms with Crippen LogP contribution in [0.3, 0.4) is 0 Å². The van der Waals surface area contributed by atoms with Gasteiger partial charge in [-0.25, -0.2) is 4.98 Å².